The van der Waals surface area contributed by atoms with Crippen molar-refractivity contribution < 1.29 is 13.2 Å². The molecule has 0 unspecified atom stereocenters. The molecular weight excluding hydrogens is 403 g/mol. The Bertz CT molecular complexity index is 1290. The number of aromatic nitrogens is 4. The van der Waals surface area contributed by atoms with E-state index in [4.69, 9.17) is 4.98 Å². The fourth-order valence-corrected chi connectivity index (χ4v) is 4.32. The molecule has 0 spiro atoms. The predicted molar refractivity (Wildman–Crippen MR) is 114 cm³/mol. The van der Waals surface area contributed by atoms with Crippen molar-refractivity contribution in [3.63, 3.8) is 0 Å². The van der Waals surface area contributed by atoms with Gasteiger partial charge in [-0.25, -0.2) is 4.98 Å². The summed E-state index contributed by atoms with van der Waals surface area (Å²) in [5, 5.41) is 7.93. The molecule has 1 N–H and O–H groups in total. The van der Waals surface area contributed by atoms with Gasteiger partial charge >= 0.3 is 6.18 Å². The highest BCUT2D eigenvalue weighted by Crippen LogP contribution is 2.39. The number of aryl methyl sites for hydroxylation is 2. The van der Waals surface area contributed by atoms with Crippen LogP contribution >= 0.6 is 0 Å². The van der Waals surface area contributed by atoms with E-state index in [1.54, 1.807) is 26.2 Å². The van der Waals surface area contributed by atoms with E-state index < -0.39 is 11.7 Å². The van der Waals surface area contributed by atoms with Crippen molar-refractivity contribution in [1.82, 2.24) is 25.1 Å². The normalized spacial score (nSPS) is 15.8. The number of hydrogen-bond donors (Lipinski definition) is 1. The first kappa shape index (κ1) is 19.9. The highest BCUT2D eigenvalue weighted by molar-refractivity contribution is 5.91. The molecule has 1 aliphatic rings. The van der Waals surface area contributed by atoms with Crippen LogP contribution in [-0.2, 0) is 13.2 Å². The number of nitrogens with zero attached hydrogens (tertiary/aromatic N) is 4. The Kier molecular flexibility index (Phi) is 4.69. The average molecular weight is 425 g/mol. The van der Waals surface area contributed by atoms with Gasteiger partial charge in [-0.15, -0.1) is 0 Å². The minimum absolute atomic E-state index is 0.0246. The number of rotatable bonds is 2. The van der Waals surface area contributed by atoms with Gasteiger partial charge < -0.3 is 5.32 Å². The summed E-state index contributed by atoms with van der Waals surface area (Å²) < 4.78 is 42.7. The van der Waals surface area contributed by atoms with Crippen molar-refractivity contribution in [2.24, 2.45) is 7.05 Å². The Morgan fingerprint density at radius 2 is 1.81 bits per heavy atom. The van der Waals surface area contributed by atoms with E-state index in [-0.39, 0.29) is 5.52 Å². The van der Waals surface area contributed by atoms with Crippen LogP contribution in [0.5, 0.6) is 0 Å². The zero-order valence-electron chi connectivity index (χ0n) is 17.3. The Hall–Kier alpha value is -3.00. The Morgan fingerprint density at radius 3 is 2.55 bits per heavy atom. The first-order chi connectivity index (χ1) is 14.8. The van der Waals surface area contributed by atoms with Crippen molar-refractivity contribution in [1.29, 1.82) is 0 Å². The van der Waals surface area contributed by atoms with Crippen molar-refractivity contribution in [2.45, 2.75) is 31.9 Å². The quantitative estimate of drug-likeness (QED) is 0.492. The molecule has 5 nitrogen and oxygen atoms in total. The minimum atomic E-state index is -4.49. The molecule has 4 aromatic rings. The van der Waals surface area contributed by atoms with Gasteiger partial charge in [-0.05, 0) is 68.2 Å². The van der Waals surface area contributed by atoms with E-state index in [2.05, 4.69) is 15.4 Å². The van der Waals surface area contributed by atoms with Gasteiger partial charge in [-0.2, -0.15) is 18.3 Å². The van der Waals surface area contributed by atoms with Crippen LogP contribution < -0.4 is 5.32 Å². The van der Waals surface area contributed by atoms with Crippen LogP contribution in [0.4, 0.5) is 13.2 Å². The molecule has 31 heavy (non-hydrogen) atoms. The summed E-state index contributed by atoms with van der Waals surface area (Å²) >= 11 is 0. The highest BCUT2D eigenvalue weighted by atomic mass is 19.4. The highest BCUT2D eigenvalue weighted by Gasteiger charge is 2.35. The number of hydrogen-bond acceptors (Lipinski definition) is 4. The van der Waals surface area contributed by atoms with Gasteiger partial charge in [0, 0.05) is 30.2 Å². The Balaban J connectivity index is 1.60. The van der Waals surface area contributed by atoms with Crippen LogP contribution in [0.15, 0.2) is 36.5 Å². The third kappa shape index (κ3) is 3.54. The molecule has 0 amide bonds. The number of halogens is 3. The molecule has 2 aromatic carbocycles. The zero-order valence-corrected chi connectivity index (χ0v) is 17.3. The lowest BCUT2D eigenvalue weighted by Crippen LogP contribution is -2.27. The number of fused-ring (bicyclic) bond motifs is 2. The molecule has 1 fully saturated rings. The summed E-state index contributed by atoms with van der Waals surface area (Å²) in [5.74, 6) is 0.392. The lowest BCUT2D eigenvalue weighted by Gasteiger charge is -2.21. The summed E-state index contributed by atoms with van der Waals surface area (Å²) in [6.45, 7) is 3.72. The fourth-order valence-electron chi connectivity index (χ4n) is 4.32. The van der Waals surface area contributed by atoms with Crippen LogP contribution in [0, 0.1) is 6.92 Å². The number of nitrogens with one attached hydrogen (secondary N) is 1. The first-order valence-corrected chi connectivity index (χ1v) is 10.3. The average Bonchev–Trinajstić information content (AvgIpc) is 3.06. The number of benzene rings is 2. The van der Waals surface area contributed by atoms with Crippen molar-refractivity contribution in [2.75, 3.05) is 13.1 Å². The summed E-state index contributed by atoms with van der Waals surface area (Å²) in [7, 11) is 1.65. The fraction of sp³-hybridized carbons (Fsp3) is 0.348. The van der Waals surface area contributed by atoms with Crippen molar-refractivity contribution >= 4 is 21.9 Å². The molecule has 3 heterocycles. The van der Waals surface area contributed by atoms with Crippen LogP contribution in [0.3, 0.4) is 0 Å². The minimum Gasteiger partial charge on any atom is -0.317 e. The molecule has 1 aliphatic heterocycles. The van der Waals surface area contributed by atoms with E-state index in [0.29, 0.717) is 33.6 Å². The van der Waals surface area contributed by atoms with E-state index in [0.717, 1.165) is 37.1 Å². The molecule has 160 valence electrons. The number of piperidine rings is 1. The van der Waals surface area contributed by atoms with Gasteiger partial charge in [0.05, 0.1) is 22.3 Å². The standard InChI is InChI=1S/C23H22F3N5/c1-13-17-9-16(10-18(23(24,25)26)22(17)30-31(13)2)15-3-4-19-20(11-15)28-12-21(29-19)14-5-7-27-8-6-14/h3-4,9-12,14,27H,5-8H2,1-2H3. The van der Waals surface area contributed by atoms with Crippen LogP contribution in [0.25, 0.3) is 33.1 Å². The van der Waals surface area contributed by atoms with Gasteiger partial charge in [0.25, 0.3) is 0 Å². The Morgan fingerprint density at radius 1 is 1.03 bits per heavy atom. The van der Waals surface area contributed by atoms with E-state index >= 15 is 0 Å². The Labute approximate surface area is 177 Å². The largest absolute Gasteiger partial charge is 0.418 e. The van der Waals surface area contributed by atoms with Crippen molar-refractivity contribution in [3.05, 3.63) is 53.5 Å². The maximum Gasteiger partial charge on any atom is 0.418 e. The van der Waals surface area contributed by atoms with Gasteiger partial charge in [-0.1, -0.05) is 6.07 Å². The molecule has 0 bridgehead atoms. The summed E-state index contributed by atoms with van der Waals surface area (Å²) in [5.41, 5.74) is 3.51. The molecular formula is C23H22F3N5. The van der Waals surface area contributed by atoms with Gasteiger partial charge in [-0.3, -0.25) is 9.67 Å². The third-order valence-corrected chi connectivity index (χ3v) is 6.19. The summed E-state index contributed by atoms with van der Waals surface area (Å²) in [6.07, 6.45) is -0.626. The maximum atomic E-state index is 13.8. The van der Waals surface area contributed by atoms with Gasteiger partial charge in [0.2, 0.25) is 0 Å². The smallest absolute Gasteiger partial charge is 0.317 e. The lowest BCUT2D eigenvalue weighted by molar-refractivity contribution is -0.136. The second-order valence-electron chi connectivity index (χ2n) is 8.15. The molecule has 0 aliphatic carbocycles. The van der Waals surface area contributed by atoms with Gasteiger partial charge in [0.1, 0.15) is 5.52 Å². The molecule has 2 aromatic heterocycles. The van der Waals surface area contributed by atoms with E-state index in [1.165, 1.54) is 10.7 Å². The van der Waals surface area contributed by atoms with E-state index in [9.17, 15) is 13.2 Å². The molecule has 0 atom stereocenters. The molecule has 5 rings (SSSR count). The predicted octanol–water partition coefficient (Wildman–Crippen LogP) is 4.98. The molecule has 8 heteroatoms. The lowest BCUT2D eigenvalue weighted by atomic mass is 9.94. The van der Waals surface area contributed by atoms with Crippen LogP contribution in [0.1, 0.15) is 35.7 Å². The first-order valence-electron chi connectivity index (χ1n) is 10.3. The molecule has 0 saturated carbocycles. The SMILES string of the molecule is Cc1c2cc(-c3ccc4nc(C5CCNCC5)cnc4c3)cc(C(F)(F)F)c2nn1C. The second kappa shape index (κ2) is 7.30. The molecule has 0 radical (unpaired) electrons. The zero-order chi connectivity index (χ0) is 21.8. The van der Waals surface area contributed by atoms with E-state index in [1.807, 2.05) is 18.2 Å². The monoisotopic (exact) mass is 425 g/mol. The van der Waals surface area contributed by atoms with Gasteiger partial charge in [0.15, 0.2) is 0 Å². The third-order valence-electron chi connectivity index (χ3n) is 6.19. The van der Waals surface area contributed by atoms with Crippen molar-refractivity contribution in [3.8, 4) is 11.1 Å². The summed E-state index contributed by atoms with van der Waals surface area (Å²) in [4.78, 5) is 9.35. The topological polar surface area (TPSA) is 55.6 Å². The van der Waals surface area contributed by atoms with Crippen LogP contribution in [-0.4, -0.2) is 32.8 Å². The second-order valence-corrected chi connectivity index (χ2v) is 8.15. The maximum absolute atomic E-state index is 13.8. The summed E-state index contributed by atoms with van der Waals surface area (Å²) in [6, 6.07) is 8.41. The molecule has 1 saturated heterocycles. The van der Waals surface area contributed by atoms with Crippen LogP contribution in [0.2, 0.25) is 0 Å². The number of alkyl halides is 3.